The Bertz CT molecular complexity index is 855. The third kappa shape index (κ3) is 2.66. The topological polar surface area (TPSA) is 110 Å². The number of benzene rings is 1. The van der Waals surface area contributed by atoms with E-state index in [9.17, 15) is 4.79 Å². The number of tetrazole rings is 1. The zero-order chi connectivity index (χ0) is 16.4. The van der Waals surface area contributed by atoms with Crippen molar-refractivity contribution in [3.8, 4) is 11.4 Å². The average Bonchev–Trinajstić information content (AvgIpc) is 3.21. The minimum absolute atomic E-state index is 0.280. The van der Waals surface area contributed by atoms with Gasteiger partial charge >= 0.3 is 0 Å². The molecule has 1 aliphatic rings. The third-order valence-corrected chi connectivity index (χ3v) is 4.18. The molecule has 0 saturated carbocycles. The maximum Gasteiger partial charge on any atom is 0.278 e. The van der Waals surface area contributed by atoms with E-state index in [1.54, 1.807) is 6.07 Å². The van der Waals surface area contributed by atoms with Gasteiger partial charge in [-0.15, -0.1) is 10.2 Å². The molecule has 0 bridgehead atoms. The van der Waals surface area contributed by atoms with E-state index in [0.717, 1.165) is 43.4 Å². The van der Waals surface area contributed by atoms with Gasteiger partial charge in [0.25, 0.3) is 5.91 Å². The molecule has 24 heavy (non-hydrogen) atoms. The summed E-state index contributed by atoms with van der Waals surface area (Å²) >= 11 is 0. The van der Waals surface area contributed by atoms with Crippen LogP contribution in [0.3, 0.4) is 0 Å². The lowest BCUT2D eigenvalue weighted by molar-refractivity contribution is 0.101. The largest absolute Gasteiger partial charge is 0.360 e. The Hall–Kier alpha value is -3.03. The number of H-pyrrole nitrogens is 1. The van der Waals surface area contributed by atoms with E-state index in [1.165, 1.54) is 0 Å². The maximum atomic E-state index is 12.7. The maximum absolute atomic E-state index is 12.7. The molecule has 0 saturated heterocycles. The Morgan fingerprint density at radius 2 is 2.04 bits per heavy atom. The number of para-hydroxylation sites is 1. The van der Waals surface area contributed by atoms with Gasteiger partial charge in [-0.25, -0.2) is 0 Å². The van der Waals surface area contributed by atoms with Crippen molar-refractivity contribution in [2.75, 3.05) is 5.32 Å². The molecule has 1 amide bonds. The molecule has 8 heteroatoms. The van der Waals surface area contributed by atoms with Gasteiger partial charge in [0.1, 0.15) is 5.76 Å². The van der Waals surface area contributed by atoms with Crippen molar-refractivity contribution in [3.05, 3.63) is 41.3 Å². The number of carbonyl (C=O) groups is 1. The van der Waals surface area contributed by atoms with Crippen LogP contribution in [0.2, 0.25) is 0 Å². The number of rotatable bonds is 3. The van der Waals surface area contributed by atoms with Crippen LogP contribution in [-0.2, 0) is 12.8 Å². The van der Waals surface area contributed by atoms with Crippen LogP contribution >= 0.6 is 0 Å². The monoisotopic (exact) mass is 324 g/mol. The van der Waals surface area contributed by atoms with Gasteiger partial charge in [0.05, 0.1) is 5.69 Å². The van der Waals surface area contributed by atoms with Gasteiger partial charge in [-0.1, -0.05) is 23.7 Å². The Labute approximate surface area is 137 Å². The molecule has 1 aliphatic carbocycles. The first kappa shape index (κ1) is 14.6. The van der Waals surface area contributed by atoms with Crippen molar-refractivity contribution in [3.63, 3.8) is 0 Å². The first-order valence-electron chi connectivity index (χ1n) is 7.94. The zero-order valence-corrected chi connectivity index (χ0v) is 13.0. The number of amides is 1. The average molecular weight is 324 g/mol. The summed E-state index contributed by atoms with van der Waals surface area (Å²) in [7, 11) is 0. The number of hydrogen-bond donors (Lipinski definition) is 2. The fourth-order valence-corrected chi connectivity index (χ4v) is 2.98. The van der Waals surface area contributed by atoms with Gasteiger partial charge in [0, 0.05) is 17.5 Å². The second-order valence-corrected chi connectivity index (χ2v) is 5.73. The molecular weight excluding hydrogens is 308 g/mol. The molecule has 0 radical (unpaired) electrons. The van der Waals surface area contributed by atoms with E-state index in [2.05, 4.69) is 31.1 Å². The molecule has 0 aliphatic heterocycles. The van der Waals surface area contributed by atoms with E-state index < -0.39 is 0 Å². The van der Waals surface area contributed by atoms with Gasteiger partial charge in [-0.2, -0.15) is 5.21 Å². The van der Waals surface area contributed by atoms with Gasteiger partial charge in [0.15, 0.2) is 5.69 Å². The smallest absolute Gasteiger partial charge is 0.278 e. The number of carbonyl (C=O) groups excluding carboxylic acids is 1. The first-order chi connectivity index (χ1) is 11.8. The Balaban J connectivity index is 1.63. The normalized spacial score (nSPS) is 14.0. The summed E-state index contributed by atoms with van der Waals surface area (Å²) in [6.07, 6.45) is 4.94. The molecule has 0 unspecified atom stereocenters. The van der Waals surface area contributed by atoms with Crippen LogP contribution in [0, 0.1) is 0 Å². The molecule has 2 aromatic heterocycles. The van der Waals surface area contributed by atoms with Crippen molar-refractivity contribution in [1.82, 2.24) is 25.8 Å². The zero-order valence-electron chi connectivity index (χ0n) is 13.0. The summed E-state index contributed by atoms with van der Waals surface area (Å²) in [6, 6.07) is 7.30. The van der Waals surface area contributed by atoms with E-state index in [1.807, 2.05) is 18.2 Å². The lowest BCUT2D eigenvalue weighted by Gasteiger charge is -2.08. The van der Waals surface area contributed by atoms with Crippen LogP contribution in [0.5, 0.6) is 0 Å². The molecule has 3 aromatic rings. The van der Waals surface area contributed by atoms with Crippen LogP contribution in [-0.4, -0.2) is 31.7 Å². The number of aromatic nitrogens is 5. The highest BCUT2D eigenvalue weighted by Gasteiger charge is 2.24. The minimum atomic E-state index is -0.280. The van der Waals surface area contributed by atoms with Crippen molar-refractivity contribution >= 4 is 11.6 Å². The van der Waals surface area contributed by atoms with Crippen LogP contribution in [0.1, 0.15) is 41.1 Å². The highest BCUT2D eigenvalue weighted by atomic mass is 16.5. The minimum Gasteiger partial charge on any atom is -0.360 e. The molecule has 0 atom stereocenters. The number of anilines is 1. The summed E-state index contributed by atoms with van der Waals surface area (Å²) < 4.78 is 5.38. The Morgan fingerprint density at radius 1 is 1.17 bits per heavy atom. The fourth-order valence-electron chi connectivity index (χ4n) is 2.98. The van der Waals surface area contributed by atoms with Crippen LogP contribution in [0.15, 0.2) is 28.8 Å². The quantitative estimate of drug-likeness (QED) is 0.716. The third-order valence-electron chi connectivity index (χ3n) is 4.18. The van der Waals surface area contributed by atoms with Crippen molar-refractivity contribution in [1.29, 1.82) is 0 Å². The van der Waals surface area contributed by atoms with Crippen LogP contribution in [0.25, 0.3) is 11.4 Å². The lowest BCUT2D eigenvalue weighted by Crippen LogP contribution is -2.15. The molecule has 1 aromatic carbocycles. The van der Waals surface area contributed by atoms with E-state index in [0.29, 0.717) is 22.8 Å². The summed E-state index contributed by atoms with van der Waals surface area (Å²) in [5.41, 5.74) is 2.60. The fraction of sp³-hybridized carbons (Fsp3) is 0.312. The van der Waals surface area contributed by atoms with Crippen molar-refractivity contribution in [2.24, 2.45) is 0 Å². The molecule has 0 fully saturated rings. The molecular formula is C16H16N6O2. The van der Waals surface area contributed by atoms with E-state index >= 15 is 0 Å². The molecule has 2 heterocycles. The van der Waals surface area contributed by atoms with Crippen molar-refractivity contribution in [2.45, 2.75) is 32.1 Å². The number of aromatic amines is 1. The van der Waals surface area contributed by atoms with Gasteiger partial charge in [-0.3, -0.25) is 4.79 Å². The first-order valence-corrected chi connectivity index (χ1v) is 7.94. The number of nitrogens with one attached hydrogen (secondary N) is 2. The second kappa shape index (κ2) is 6.23. The molecule has 122 valence electrons. The standard InChI is InChI=1S/C16H16N6O2/c23-16(14-11-7-2-1-3-9-13(11)24-20-14)17-12-8-5-4-6-10(12)15-18-21-22-19-15/h4-6,8H,1-3,7,9H2,(H,17,23)(H,18,19,21,22). The van der Waals surface area contributed by atoms with Crippen LogP contribution in [0.4, 0.5) is 5.69 Å². The summed E-state index contributed by atoms with van der Waals surface area (Å²) in [4.78, 5) is 12.7. The van der Waals surface area contributed by atoms with Gasteiger partial charge in [0.2, 0.25) is 5.82 Å². The summed E-state index contributed by atoms with van der Waals surface area (Å²) in [6.45, 7) is 0. The summed E-state index contributed by atoms with van der Waals surface area (Å²) in [5, 5.41) is 20.8. The molecule has 8 nitrogen and oxygen atoms in total. The Morgan fingerprint density at radius 3 is 2.92 bits per heavy atom. The molecule has 4 rings (SSSR count). The highest BCUT2D eigenvalue weighted by Crippen LogP contribution is 2.27. The number of aryl methyl sites for hydroxylation is 1. The predicted octanol–water partition coefficient (Wildman–Crippen LogP) is 2.38. The number of nitrogens with zero attached hydrogens (tertiary/aromatic N) is 4. The number of hydrogen-bond acceptors (Lipinski definition) is 6. The molecule has 0 spiro atoms. The lowest BCUT2D eigenvalue weighted by atomic mass is 10.1. The second-order valence-electron chi connectivity index (χ2n) is 5.73. The van der Waals surface area contributed by atoms with Gasteiger partial charge < -0.3 is 9.84 Å². The van der Waals surface area contributed by atoms with Crippen molar-refractivity contribution < 1.29 is 9.32 Å². The summed E-state index contributed by atoms with van der Waals surface area (Å²) in [5.74, 6) is 0.979. The van der Waals surface area contributed by atoms with E-state index in [-0.39, 0.29) is 5.91 Å². The number of fused-ring (bicyclic) bond motifs is 1. The van der Waals surface area contributed by atoms with Gasteiger partial charge in [-0.05, 0) is 36.6 Å². The van der Waals surface area contributed by atoms with E-state index in [4.69, 9.17) is 4.52 Å². The molecule has 2 N–H and O–H groups in total. The van der Waals surface area contributed by atoms with Crippen LogP contribution < -0.4 is 5.32 Å². The highest BCUT2D eigenvalue weighted by molar-refractivity contribution is 6.05. The SMILES string of the molecule is O=C(Nc1ccccc1-c1nn[nH]n1)c1noc2c1CCCCC2. The Kier molecular flexibility index (Phi) is 3.78. The predicted molar refractivity (Wildman–Crippen MR) is 85.3 cm³/mol.